The van der Waals surface area contributed by atoms with Crippen LogP contribution >= 0.6 is 0 Å². The van der Waals surface area contributed by atoms with E-state index in [0.29, 0.717) is 17.9 Å². The molecule has 1 fully saturated rings. The molecule has 2 heterocycles. The van der Waals surface area contributed by atoms with E-state index in [9.17, 15) is 14.4 Å². The Bertz CT molecular complexity index is 757. The maximum absolute atomic E-state index is 12.4. The number of hydrogen-bond acceptors (Lipinski definition) is 5. The van der Waals surface area contributed by atoms with Gasteiger partial charge in [-0.2, -0.15) is 0 Å². The summed E-state index contributed by atoms with van der Waals surface area (Å²) in [6.45, 7) is 0.520. The van der Waals surface area contributed by atoms with Gasteiger partial charge < -0.3 is 19.8 Å². The van der Waals surface area contributed by atoms with Crippen molar-refractivity contribution < 1.29 is 23.5 Å². The van der Waals surface area contributed by atoms with Gasteiger partial charge >= 0.3 is 5.97 Å². The smallest absolute Gasteiger partial charge is 0.312 e. The van der Waals surface area contributed by atoms with Crippen LogP contribution in [0.15, 0.2) is 53.1 Å². The van der Waals surface area contributed by atoms with E-state index < -0.39 is 23.9 Å². The van der Waals surface area contributed by atoms with Crippen LogP contribution < -0.4 is 5.73 Å². The number of nitrogens with zero attached hydrogens (tertiary/aromatic N) is 1. The molecule has 0 spiro atoms. The van der Waals surface area contributed by atoms with Crippen LogP contribution in [0.3, 0.4) is 0 Å². The molecule has 0 saturated carbocycles. The number of furan rings is 1. The molecule has 3 rings (SSSR count). The lowest BCUT2D eigenvalue weighted by Crippen LogP contribution is -2.30. The first kappa shape index (κ1) is 16.8. The molecule has 7 heteroatoms. The van der Waals surface area contributed by atoms with E-state index in [1.807, 2.05) is 0 Å². The van der Waals surface area contributed by atoms with E-state index in [-0.39, 0.29) is 18.9 Å². The molecule has 25 heavy (non-hydrogen) atoms. The summed E-state index contributed by atoms with van der Waals surface area (Å²) >= 11 is 0. The van der Waals surface area contributed by atoms with Gasteiger partial charge in [0.1, 0.15) is 5.76 Å². The molecule has 2 atom stereocenters. The molecule has 0 bridgehead atoms. The minimum absolute atomic E-state index is 0.0415. The second kappa shape index (κ2) is 7.21. The number of rotatable bonds is 6. The quantitative estimate of drug-likeness (QED) is 0.799. The number of likely N-dealkylation sites (tertiary alicyclic amines) is 1. The average Bonchev–Trinajstić information content (AvgIpc) is 3.24. The molecular formula is C18H18N2O5. The second-order valence-corrected chi connectivity index (χ2v) is 5.88. The molecule has 1 aromatic carbocycles. The van der Waals surface area contributed by atoms with Crippen molar-refractivity contribution in [3.63, 3.8) is 0 Å². The summed E-state index contributed by atoms with van der Waals surface area (Å²) < 4.78 is 10.5. The Kier molecular flexibility index (Phi) is 4.83. The first-order valence-electron chi connectivity index (χ1n) is 7.89. The lowest BCUT2D eigenvalue weighted by atomic mass is 10.1. The molecule has 1 aliphatic rings. The van der Waals surface area contributed by atoms with Crippen LogP contribution in [0.5, 0.6) is 0 Å². The Hall–Kier alpha value is -3.09. The van der Waals surface area contributed by atoms with Gasteiger partial charge in [-0.15, -0.1) is 0 Å². The normalized spacial score (nSPS) is 18.2. The second-order valence-electron chi connectivity index (χ2n) is 5.88. The van der Waals surface area contributed by atoms with E-state index in [0.717, 1.165) is 0 Å². The van der Waals surface area contributed by atoms with E-state index in [4.69, 9.17) is 14.9 Å². The third-order valence-corrected chi connectivity index (χ3v) is 4.07. The lowest BCUT2D eigenvalue weighted by Gasteiger charge is -2.18. The topological polar surface area (TPSA) is 103 Å². The standard InChI is InChI=1S/C18H18N2O5/c19-17(22)16(12-5-2-1-3-6-12)25-18(23)13-9-15(21)20(10-13)11-14-7-4-8-24-14/h1-8,13,16H,9-11H2,(H2,19,22)/t13-,16+/m0/s1. The molecule has 1 saturated heterocycles. The summed E-state index contributed by atoms with van der Waals surface area (Å²) in [4.78, 5) is 37.7. The third kappa shape index (κ3) is 3.88. The monoisotopic (exact) mass is 342 g/mol. The fraction of sp³-hybridized carbons (Fsp3) is 0.278. The number of esters is 1. The van der Waals surface area contributed by atoms with Gasteiger partial charge in [-0.25, -0.2) is 0 Å². The third-order valence-electron chi connectivity index (χ3n) is 4.07. The Morgan fingerprint density at radius 3 is 2.64 bits per heavy atom. The van der Waals surface area contributed by atoms with Gasteiger partial charge in [0.2, 0.25) is 12.0 Å². The Morgan fingerprint density at radius 1 is 1.24 bits per heavy atom. The summed E-state index contributed by atoms with van der Waals surface area (Å²) in [5.41, 5.74) is 5.85. The van der Waals surface area contributed by atoms with Gasteiger partial charge in [-0.1, -0.05) is 30.3 Å². The van der Waals surface area contributed by atoms with Crippen molar-refractivity contribution in [2.45, 2.75) is 19.1 Å². The zero-order chi connectivity index (χ0) is 17.8. The SMILES string of the molecule is NC(=O)[C@H](OC(=O)[C@H]1CC(=O)N(Cc2ccco2)C1)c1ccccc1. The molecule has 1 aromatic heterocycles. The van der Waals surface area contributed by atoms with Crippen molar-refractivity contribution in [1.29, 1.82) is 0 Å². The van der Waals surface area contributed by atoms with Gasteiger partial charge in [0, 0.05) is 18.5 Å². The number of hydrogen-bond donors (Lipinski definition) is 1. The van der Waals surface area contributed by atoms with Crippen molar-refractivity contribution in [3.05, 3.63) is 60.1 Å². The van der Waals surface area contributed by atoms with Crippen molar-refractivity contribution >= 4 is 17.8 Å². The highest BCUT2D eigenvalue weighted by Gasteiger charge is 2.37. The number of nitrogens with two attached hydrogens (primary N) is 1. The maximum atomic E-state index is 12.4. The molecule has 130 valence electrons. The number of benzene rings is 1. The molecule has 0 unspecified atom stereocenters. The van der Waals surface area contributed by atoms with E-state index in [2.05, 4.69) is 0 Å². The summed E-state index contributed by atoms with van der Waals surface area (Å²) in [5.74, 6) is -1.51. The van der Waals surface area contributed by atoms with Gasteiger partial charge in [0.25, 0.3) is 5.91 Å². The van der Waals surface area contributed by atoms with Crippen LogP contribution in [-0.2, 0) is 25.7 Å². The fourth-order valence-corrected chi connectivity index (χ4v) is 2.80. The van der Waals surface area contributed by atoms with E-state index in [1.165, 1.54) is 11.2 Å². The summed E-state index contributed by atoms with van der Waals surface area (Å²) in [7, 11) is 0. The maximum Gasteiger partial charge on any atom is 0.312 e. The van der Waals surface area contributed by atoms with Gasteiger partial charge in [-0.3, -0.25) is 14.4 Å². The van der Waals surface area contributed by atoms with Gasteiger partial charge in [0.15, 0.2) is 0 Å². The Labute approximate surface area is 144 Å². The Morgan fingerprint density at radius 2 is 2.00 bits per heavy atom. The zero-order valence-corrected chi connectivity index (χ0v) is 13.5. The lowest BCUT2D eigenvalue weighted by molar-refractivity contribution is -0.159. The molecule has 1 aliphatic heterocycles. The van der Waals surface area contributed by atoms with Gasteiger partial charge in [0.05, 0.1) is 18.7 Å². The van der Waals surface area contributed by atoms with Gasteiger partial charge in [-0.05, 0) is 12.1 Å². The largest absolute Gasteiger partial charge is 0.467 e. The summed E-state index contributed by atoms with van der Waals surface area (Å²) in [6.07, 6.45) is 0.404. The van der Waals surface area contributed by atoms with Crippen molar-refractivity contribution in [1.82, 2.24) is 4.90 Å². The minimum atomic E-state index is -1.16. The number of primary amides is 1. The number of carbonyl (C=O) groups is 3. The van der Waals surface area contributed by atoms with Crippen LogP contribution in [0.2, 0.25) is 0 Å². The highest BCUT2D eigenvalue weighted by atomic mass is 16.5. The predicted octanol–water partition coefficient (Wildman–Crippen LogP) is 1.40. The van der Waals surface area contributed by atoms with E-state index in [1.54, 1.807) is 42.5 Å². The molecule has 0 radical (unpaired) electrons. The highest BCUT2D eigenvalue weighted by Crippen LogP contribution is 2.25. The number of ether oxygens (including phenoxy) is 1. The summed E-state index contributed by atoms with van der Waals surface area (Å²) in [5, 5.41) is 0. The van der Waals surface area contributed by atoms with Crippen LogP contribution in [0.4, 0.5) is 0 Å². The van der Waals surface area contributed by atoms with Crippen molar-refractivity contribution in [3.8, 4) is 0 Å². The molecular weight excluding hydrogens is 324 g/mol. The zero-order valence-electron chi connectivity index (χ0n) is 13.5. The number of amides is 2. The van der Waals surface area contributed by atoms with Crippen LogP contribution in [0.25, 0.3) is 0 Å². The molecule has 2 amide bonds. The molecule has 2 N–H and O–H groups in total. The van der Waals surface area contributed by atoms with Crippen LogP contribution in [0, 0.1) is 5.92 Å². The fourth-order valence-electron chi connectivity index (χ4n) is 2.80. The first-order valence-corrected chi connectivity index (χ1v) is 7.89. The minimum Gasteiger partial charge on any atom is -0.467 e. The molecule has 0 aliphatic carbocycles. The van der Waals surface area contributed by atoms with Crippen molar-refractivity contribution in [2.75, 3.05) is 6.54 Å². The Balaban J connectivity index is 1.64. The number of carbonyl (C=O) groups excluding carboxylic acids is 3. The summed E-state index contributed by atoms with van der Waals surface area (Å²) in [6, 6.07) is 12.0. The first-order chi connectivity index (χ1) is 12.0. The highest BCUT2D eigenvalue weighted by molar-refractivity contribution is 5.89. The van der Waals surface area contributed by atoms with Crippen LogP contribution in [0.1, 0.15) is 23.8 Å². The van der Waals surface area contributed by atoms with Crippen LogP contribution in [-0.4, -0.2) is 29.2 Å². The average molecular weight is 342 g/mol. The van der Waals surface area contributed by atoms with E-state index >= 15 is 0 Å². The molecule has 2 aromatic rings. The van der Waals surface area contributed by atoms with Crippen molar-refractivity contribution in [2.24, 2.45) is 11.7 Å². The molecule has 7 nitrogen and oxygen atoms in total. The predicted molar refractivity (Wildman–Crippen MR) is 86.7 cm³/mol.